The fourth-order valence-corrected chi connectivity index (χ4v) is 3.38. The third-order valence-electron chi connectivity index (χ3n) is 4.74. The third kappa shape index (κ3) is 3.53. The van der Waals surface area contributed by atoms with E-state index in [1.165, 1.54) is 16.8 Å². The number of hydrogen-bond acceptors (Lipinski definition) is 3. The number of anilines is 2. The second kappa shape index (κ2) is 7.52. The first-order valence-corrected chi connectivity index (χ1v) is 9.37. The first-order chi connectivity index (χ1) is 13.5. The molecule has 1 saturated heterocycles. The quantitative estimate of drug-likeness (QED) is 0.678. The third-order valence-corrected chi connectivity index (χ3v) is 4.99. The number of carbonyl (C=O) groups excluding carboxylic acids is 1. The van der Waals surface area contributed by atoms with Crippen molar-refractivity contribution in [3.05, 3.63) is 59.4 Å². The molecule has 0 bridgehead atoms. The number of aromatic nitrogens is 2. The maximum absolute atomic E-state index is 13.3. The van der Waals surface area contributed by atoms with E-state index in [-0.39, 0.29) is 17.7 Å². The molecule has 1 aliphatic rings. The van der Waals surface area contributed by atoms with Gasteiger partial charge in [0.2, 0.25) is 0 Å². The van der Waals surface area contributed by atoms with Crippen molar-refractivity contribution in [1.29, 1.82) is 0 Å². The van der Waals surface area contributed by atoms with Crippen molar-refractivity contribution in [2.75, 3.05) is 24.1 Å². The molecule has 0 atom stereocenters. The Kier molecular flexibility index (Phi) is 4.92. The van der Waals surface area contributed by atoms with Crippen molar-refractivity contribution in [3.8, 4) is 16.9 Å². The van der Waals surface area contributed by atoms with Crippen molar-refractivity contribution in [2.24, 2.45) is 0 Å². The van der Waals surface area contributed by atoms with Gasteiger partial charge in [0.05, 0.1) is 5.69 Å². The zero-order valence-electron chi connectivity index (χ0n) is 15.0. The Balaban J connectivity index is 1.78. The predicted octanol–water partition coefficient (Wildman–Crippen LogP) is 4.54. The molecule has 6 nitrogen and oxygen atoms in total. The highest BCUT2D eigenvalue weighted by Crippen LogP contribution is 2.35. The summed E-state index contributed by atoms with van der Waals surface area (Å²) < 4.78 is 14.8. The molecule has 28 heavy (non-hydrogen) atoms. The van der Waals surface area contributed by atoms with E-state index in [2.05, 4.69) is 10.4 Å². The maximum atomic E-state index is 13.3. The van der Waals surface area contributed by atoms with Crippen LogP contribution < -0.4 is 11.1 Å². The number of carbonyl (C=O) groups is 1. The van der Waals surface area contributed by atoms with Gasteiger partial charge in [-0.3, -0.25) is 0 Å². The van der Waals surface area contributed by atoms with Crippen LogP contribution in [0.1, 0.15) is 12.8 Å². The number of nitrogens with two attached hydrogens (primary N) is 1. The van der Waals surface area contributed by atoms with Gasteiger partial charge in [0.1, 0.15) is 17.2 Å². The molecular weight excluding hydrogens is 381 g/mol. The summed E-state index contributed by atoms with van der Waals surface area (Å²) in [5, 5.41) is 8.08. The van der Waals surface area contributed by atoms with E-state index < -0.39 is 0 Å². The molecule has 2 amide bonds. The lowest BCUT2D eigenvalue weighted by Gasteiger charge is -2.16. The Morgan fingerprint density at radius 2 is 1.71 bits per heavy atom. The average molecular weight is 400 g/mol. The molecule has 1 aromatic heterocycles. The molecule has 1 fully saturated rings. The van der Waals surface area contributed by atoms with Gasteiger partial charge in [-0.2, -0.15) is 5.10 Å². The zero-order chi connectivity index (χ0) is 19.7. The largest absolute Gasteiger partial charge is 0.382 e. The molecule has 0 aliphatic carbocycles. The smallest absolute Gasteiger partial charge is 0.322 e. The van der Waals surface area contributed by atoms with Gasteiger partial charge in [0.25, 0.3) is 0 Å². The molecule has 144 valence electrons. The number of amides is 2. The minimum absolute atomic E-state index is 0.210. The molecule has 2 heterocycles. The van der Waals surface area contributed by atoms with Crippen LogP contribution in [0.2, 0.25) is 5.02 Å². The summed E-state index contributed by atoms with van der Waals surface area (Å²) in [6, 6.07) is 12.7. The first kappa shape index (κ1) is 18.3. The Hall–Kier alpha value is -3.06. The standard InChI is InChI=1S/C20H19ClFN5O/c21-14-5-3-13(4-6-14)17-18(24-20(28)26-11-1-2-12-26)19(23)27(25-17)16-9-7-15(22)8-10-16/h3-10H,1-2,11-12,23H2,(H,24,28). The SMILES string of the molecule is Nc1c(NC(=O)N2CCCC2)c(-c2ccc(Cl)cc2)nn1-c1ccc(F)cc1. The van der Waals surface area contributed by atoms with Gasteiger partial charge in [0, 0.05) is 23.7 Å². The summed E-state index contributed by atoms with van der Waals surface area (Å²) in [5.41, 5.74) is 8.63. The van der Waals surface area contributed by atoms with Crippen LogP contribution >= 0.6 is 11.6 Å². The minimum Gasteiger partial charge on any atom is -0.382 e. The number of hydrogen-bond donors (Lipinski definition) is 2. The number of nitrogens with one attached hydrogen (secondary N) is 1. The molecule has 1 aliphatic heterocycles. The molecule has 0 saturated carbocycles. The number of nitrogens with zero attached hydrogens (tertiary/aromatic N) is 3. The van der Waals surface area contributed by atoms with Gasteiger partial charge in [-0.25, -0.2) is 13.9 Å². The highest BCUT2D eigenvalue weighted by Gasteiger charge is 2.24. The second-order valence-corrected chi connectivity index (χ2v) is 7.06. The van der Waals surface area contributed by atoms with Crippen molar-refractivity contribution in [3.63, 3.8) is 0 Å². The molecule has 4 rings (SSSR count). The molecule has 0 spiro atoms. The van der Waals surface area contributed by atoms with Gasteiger partial charge >= 0.3 is 6.03 Å². The van der Waals surface area contributed by atoms with Crippen LogP contribution in [0, 0.1) is 5.82 Å². The van der Waals surface area contributed by atoms with E-state index in [0.29, 0.717) is 35.2 Å². The molecule has 0 radical (unpaired) electrons. The maximum Gasteiger partial charge on any atom is 0.322 e. The van der Waals surface area contributed by atoms with Crippen molar-refractivity contribution in [1.82, 2.24) is 14.7 Å². The van der Waals surface area contributed by atoms with Crippen LogP contribution in [0.4, 0.5) is 20.7 Å². The summed E-state index contributed by atoms with van der Waals surface area (Å²) in [4.78, 5) is 14.4. The Bertz CT molecular complexity index is 995. The lowest BCUT2D eigenvalue weighted by Crippen LogP contribution is -2.32. The number of urea groups is 1. The van der Waals surface area contributed by atoms with Crippen molar-refractivity contribution in [2.45, 2.75) is 12.8 Å². The monoisotopic (exact) mass is 399 g/mol. The van der Waals surface area contributed by atoms with Gasteiger partial charge in [-0.15, -0.1) is 0 Å². The summed E-state index contributed by atoms with van der Waals surface area (Å²) in [7, 11) is 0. The van der Waals surface area contributed by atoms with Crippen LogP contribution in [0.3, 0.4) is 0 Å². The molecule has 8 heteroatoms. The zero-order valence-corrected chi connectivity index (χ0v) is 15.8. The second-order valence-electron chi connectivity index (χ2n) is 6.63. The number of nitrogen functional groups attached to an aromatic ring is 1. The van der Waals surface area contributed by atoms with Gasteiger partial charge in [0.15, 0.2) is 5.82 Å². The molecule has 3 aromatic rings. The van der Waals surface area contributed by atoms with Crippen LogP contribution in [0.5, 0.6) is 0 Å². The lowest BCUT2D eigenvalue weighted by molar-refractivity contribution is 0.222. The normalized spacial score (nSPS) is 13.7. The summed E-state index contributed by atoms with van der Waals surface area (Å²) in [6.45, 7) is 1.43. The fraction of sp³-hybridized carbons (Fsp3) is 0.200. The number of likely N-dealkylation sites (tertiary alicyclic amines) is 1. The summed E-state index contributed by atoms with van der Waals surface area (Å²) in [5.74, 6) is -0.0842. The minimum atomic E-state index is -0.352. The number of halogens is 2. The molecular formula is C20H19ClFN5O. The molecule has 2 aromatic carbocycles. The van der Waals surface area contributed by atoms with E-state index in [4.69, 9.17) is 17.3 Å². The molecule has 3 N–H and O–H groups in total. The van der Waals surface area contributed by atoms with E-state index in [9.17, 15) is 9.18 Å². The van der Waals surface area contributed by atoms with Crippen molar-refractivity contribution >= 4 is 29.1 Å². The van der Waals surface area contributed by atoms with Crippen LogP contribution in [0.15, 0.2) is 48.5 Å². The van der Waals surface area contributed by atoms with E-state index in [1.54, 1.807) is 29.2 Å². The van der Waals surface area contributed by atoms with Gasteiger partial charge in [-0.1, -0.05) is 23.7 Å². The fourth-order valence-electron chi connectivity index (χ4n) is 3.25. The van der Waals surface area contributed by atoms with Crippen LogP contribution in [-0.2, 0) is 0 Å². The average Bonchev–Trinajstić information content (AvgIpc) is 3.33. The van der Waals surface area contributed by atoms with Gasteiger partial charge < -0.3 is 16.0 Å². The van der Waals surface area contributed by atoms with Crippen molar-refractivity contribution < 1.29 is 9.18 Å². The topological polar surface area (TPSA) is 76.2 Å². The lowest BCUT2D eigenvalue weighted by atomic mass is 10.1. The number of benzene rings is 2. The Labute approximate surface area is 166 Å². The van der Waals surface area contributed by atoms with Gasteiger partial charge in [-0.05, 0) is 49.2 Å². The predicted molar refractivity (Wildman–Crippen MR) is 108 cm³/mol. The van der Waals surface area contributed by atoms with E-state index >= 15 is 0 Å². The van der Waals surface area contributed by atoms with E-state index in [0.717, 1.165) is 18.4 Å². The highest BCUT2D eigenvalue weighted by molar-refractivity contribution is 6.30. The Morgan fingerprint density at radius 3 is 2.36 bits per heavy atom. The highest BCUT2D eigenvalue weighted by atomic mass is 35.5. The van der Waals surface area contributed by atoms with Crippen LogP contribution in [-0.4, -0.2) is 33.8 Å². The Morgan fingerprint density at radius 1 is 1.07 bits per heavy atom. The van der Waals surface area contributed by atoms with Crippen LogP contribution in [0.25, 0.3) is 16.9 Å². The summed E-state index contributed by atoms with van der Waals surface area (Å²) in [6.07, 6.45) is 1.98. The summed E-state index contributed by atoms with van der Waals surface area (Å²) >= 11 is 5.99. The first-order valence-electron chi connectivity index (χ1n) is 8.99. The van der Waals surface area contributed by atoms with E-state index in [1.807, 2.05) is 12.1 Å². The number of rotatable bonds is 3. The molecule has 0 unspecified atom stereocenters.